The molecule has 0 spiro atoms. The minimum atomic E-state index is -0.487. The van der Waals surface area contributed by atoms with Crippen LogP contribution in [0.2, 0.25) is 0 Å². The third kappa shape index (κ3) is 9.68. The highest BCUT2D eigenvalue weighted by Crippen LogP contribution is 2.33. The van der Waals surface area contributed by atoms with Gasteiger partial charge in [-0.05, 0) is 72.9 Å². The van der Waals surface area contributed by atoms with E-state index in [4.69, 9.17) is 9.51 Å². The lowest BCUT2D eigenvalue weighted by molar-refractivity contribution is -0.126. The highest BCUT2D eigenvalue weighted by Gasteiger charge is 2.26. The molecular weight excluding hydrogens is 773 g/mol. The summed E-state index contributed by atoms with van der Waals surface area (Å²) in [5.74, 6) is -0.811. The smallest absolute Gasteiger partial charge is 0.315 e. The fraction of sp³-hybridized carbons (Fsp3) is 0.391. The van der Waals surface area contributed by atoms with Gasteiger partial charge in [-0.2, -0.15) is 10.1 Å². The summed E-state index contributed by atoms with van der Waals surface area (Å²) in [5.41, 5.74) is 9.10. The monoisotopic (exact) mass is 826 g/mol. The maximum atomic E-state index is 12.9. The van der Waals surface area contributed by atoms with Gasteiger partial charge in [-0.3, -0.25) is 34.7 Å². The molecule has 3 amide bonds. The Kier molecular flexibility index (Phi) is 13.0. The summed E-state index contributed by atoms with van der Waals surface area (Å²) in [6.45, 7) is 16.0. The van der Waals surface area contributed by atoms with Gasteiger partial charge in [-0.15, -0.1) is 0 Å². The molecule has 7 rings (SSSR count). The van der Waals surface area contributed by atoms with Crippen LogP contribution in [-0.2, 0) is 28.0 Å². The average molecular weight is 827 g/mol. The third-order valence-corrected chi connectivity index (χ3v) is 11.4. The van der Waals surface area contributed by atoms with E-state index >= 15 is 0 Å². The zero-order valence-electron chi connectivity index (χ0n) is 35.7. The molecule has 1 fully saturated rings. The number of aryl methyl sites for hydroxylation is 1. The van der Waals surface area contributed by atoms with Gasteiger partial charge in [0.15, 0.2) is 11.5 Å². The number of aliphatic hydroxyl groups excluding tert-OH is 1. The lowest BCUT2D eigenvalue weighted by atomic mass is 9.92. The number of hydrogen-bond acceptors (Lipinski definition) is 12. The van der Waals surface area contributed by atoms with E-state index in [1.165, 1.54) is 5.69 Å². The second-order valence-electron chi connectivity index (χ2n) is 16.7. The zero-order valence-corrected chi connectivity index (χ0v) is 35.7. The highest BCUT2D eigenvalue weighted by atomic mass is 16.5. The van der Waals surface area contributed by atoms with Crippen LogP contribution >= 0.6 is 0 Å². The van der Waals surface area contributed by atoms with Crippen molar-refractivity contribution in [2.24, 2.45) is 0 Å². The van der Waals surface area contributed by atoms with Gasteiger partial charge in [-0.1, -0.05) is 69.6 Å². The maximum Gasteiger partial charge on any atom is 0.315 e. The summed E-state index contributed by atoms with van der Waals surface area (Å²) in [6, 6.07) is 19.9. The summed E-state index contributed by atoms with van der Waals surface area (Å²) in [5, 5.41) is 28.1. The minimum absolute atomic E-state index is 0.109. The van der Waals surface area contributed by atoms with E-state index in [9.17, 15) is 19.5 Å². The number of nitrogens with zero attached hydrogens (tertiary/aromatic N) is 7. The number of nitrogens with one attached hydrogen (secondary N) is 3. The number of H-pyrrole nitrogens is 1. The number of fused-ring (bicyclic) bond motifs is 1. The molecule has 15 nitrogen and oxygen atoms in total. The van der Waals surface area contributed by atoms with Crippen LogP contribution in [0.1, 0.15) is 104 Å². The molecule has 0 radical (unpaired) electrons. The molecule has 5 heterocycles. The molecule has 0 bridgehead atoms. The van der Waals surface area contributed by atoms with Crippen LogP contribution in [0.3, 0.4) is 0 Å². The van der Waals surface area contributed by atoms with Crippen LogP contribution in [-0.4, -0.2) is 91.3 Å². The first-order valence-corrected chi connectivity index (χ1v) is 20.9. The lowest BCUT2D eigenvalue weighted by Gasteiger charge is -2.36. The predicted octanol–water partition coefficient (Wildman–Crippen LogP) is 6.18. The number of carbonyl (C=O) groups excluding carboxylic acids is 3. The number of benzene rings is 2. The lowest BCUT2D eigenvalue weighted by Crippen LogP contribution is -2.47. The van der Waals surface area contributed by atoms with Gasteiger partial charge >= 0.3 is 11.8 Å². The number of carbonyl (C=O) groups is 3. The first kappa shape index (κ1) is 42.8. The Hall–Kier alpha value is -6.32. The first-order valence-electron chi connectivity index (χ1n) is 20.9. The van der Waals surface area contributed by atoms with E-state index in [1.807, 2.05) is 78.1 Å². The molecule has 1 aliphatic heterocycles. The fourth-order valence-corrected chi connectivity index (χ4v) is 7.92. The molecule has 4 aromatic heterocycles. The Balaban J connectivity index is 0.964. The molecule has 318 valence electrons. The van der Waals surface area contributed by atoms with Crippen molar-refractivity contribution in [3.63, 3.8) is 0 Å². The summed E-state index contributed by atoms with van der Waals surface area (Å²) in [7, 11) is 0. The molecule has 4 N–H and O–H groups in total. The van der Waals surface area contributed by atoms with Gasteiger partial charge in [-0.25, -0.2) is 4.98 Å². The van der Waals surface area contributed by atoms with Crippen molar-refractivity contribution in [2.75, 3.05) is 37.6 Å². The average Bonchev–Trinajstić information content (AvgIpc) is 3.94. The van der Waals surface area contributed by atoms with Gasteiger partial charge < -0.3 is 19.8 Å². The standard InChI is InChI=1S/C46H54N10O5/c1-7-8-38(42(59)48-27-58)37-16-12-34(49-29(37)3)17-18-55-19-21-56(22-20-55)35-13-9-30(10-14-35)32-24-39-40(52-53-41(39)47-25-32)31-11-15-36(33(23-31)26-57)28(2)50-43(60)44-51-45(54-61-44)46(4,5)6/h9-16,23-25,27-28,38,57H,7-8,17-22,26H2,1-6H3,(H,50,60)(H,47,52,53)(H,48,58,59)/t28-,38?/m1/s1. The molecule has 61 heavy (non-hydrogen) atoms. The van der Waals surface area contributed by atoms with Crippen LogP contribution in [0.5, 0.6) is 0 Å². The van der Waals surface area contributed by atoms with E-state index < -0.39 is 11.9 Å². The topological polar surface area (TPSA) is 195 Å². The van der Waals surface area contributed by atoms with Crippen molar-refractivity contribution in [1.29, 1.82) is 0 Å². The normalized spacial score (nSPS) is 14.5. The fourth-order valence-electron chi connectivity index (χ4n) is 7.92. The first-order chi connectivity index (χ1) is 29.4. The van der Waals surface area contributed by atoms with Crippen LogP contribution in [0, 0.1) is 6.92 Å². The summed E-state index contributed by atoms with van der Waals surface area (Å²) >= 11 is 0. The Morgan fingerprint density at radius 3 is 2.38 bits per heavy atom. The summed E-state index contributed by atoms with van der Waals surface area (Å²) < 4.78 is 5.22. The number of anilines is 1. The quantitative estimate of drug-likeness (QED) is 0.0861. The van der Waals surface area contributed by atoms with Crippen molar-refractivity contribution < 1.29 is 24.0 Å². The molecule has 2 aromatic carbocycles. The number of aliphatic hydroxyl groups is 1. The van der Waals surface area contributed by atoms with Crippen molar-refractivity contribution in [1.82, 2.24) is 45.8 Å². The summed E-state index contributed by atoms with van der Waals surface area (Å²) in [6.07, 6.45) is 4.60. The van der Waals surface area contributed by atoms with E-state index in [0.717, 1.165) is 90.2 Å². The van der Waals surface area contributed by atoms with Crippen molar-refractivity contribution in [3.05, 3.63) is 107 Å². The molecular formula is C46H54N10O5. The number of piperazine rings is 1. The second-order valence-corrected chi connectivity index (χ2v) is 16.7. The molecule has 6 aromatic rings. The predicted molar refractivity (Wildman–Crippen MR) is 233 cm³/mol. The molecule has 1 unspecified atom stereocenters. The van der Waals surface area contributed by atoms with E-state index in [2.05, 4.69) is 76.1 Å². The van der Waals surface area contributed by atoms with Crippen molar-refractivity contribution >= 4 is 34.9 Å². The largest absolute Gasteiger partial charge is 0.392 e. The number of amides is 3. The second kappa shape index (κ2) is 18.5. The highest BCUT2D eigenvalue weighted by molar-refractivity contribution is 5.94. The molecule has 0 aliphatic carbocycles. The van der Waals surface area contributed by atoms with Crippen LogP contribution in [0.25, 0.3) is 33.4 Å². The Bertz CT molecular complexity index is 2500. The van der Waals surface area contributed by atoms with Crippen LogP contribution in [0.4, 0.5) is 5.69 Å². The number of aromatic amines is 1. The SMILES string of the molecule is CCCC(C(=O)NC=O)c1ccc(CCN2CCN(c3ccc(-c4cnc5[nH]nc(-c6ccc([C@@H](C)NC(=O)c7nc(C(C)(C)C)no7)c(CO)c6)c5c4)cc3)CC2)nc1C. The summed E-state index contributed by atoms with van der Waals surface area (Å²) in [4.78, 5) is 55.0. The number of hydrogen-bond donors (Lipinski definition) is 4. The van der Waals surface area contributed by atoms with Crippen LogP contribution in [0.15, 0.2) is 71.4 Å². The maximum absolute atomic E-state index is 12.9. The Labute approximate surface area is 355 Å². The van der Waals surface area contributed by atoms with E-state index in [1.54, 1.807) is 0 Å². The van der Waals surface area contributed by atoms with Crippen molar-refractivity contribution in [3.8, 4) is 22.4 Å². The van der Waals surface area contributed by atoms with Crippen LogP contribution < -0.4 is 15.5 Å². The number of aromatic nitrogens is 6. The number of pyridine rings is 2. The van der Waals surface area contributed by atoms with Gasteiger partial charge in [0.05, 0.1) is 18.6 Å². The van der Waals surface area contributed by atoms with Gasteiger partial charge in [0.1, 0.15) is 5.69 Å². The van der Waals surface area contributed by atoms with Gasteiger partial charge in [0, 0.05) is 84.3 Å². The molecule has 0 saturated carbocycles. The van der Waals surface area contributed by atoms with Gasteiger partial charge in [0.25, 0.3) is 0 Å². The van der Waals surface area contributed by atoms with Gasteiger partial charge in [0.2, 0.25) is 12.3 Å². The minimum Gasteiger partial charge on any atom is -0.392 e. The molecule has 2 atom stereocenters. The number of imide groups is 1. The van der Waals surface area contributed by atoms with E-state index in [0.29, 0.717) is 35.6 Å². The molecule has 1 aliphatic rings. The molecule has 1 saturated heterocycles. The van der Waals surface area contributed by atoms with E-state index in [-0.39, 0.29) is 29.7 Å². The Morgan fingerprint density at radius 1 is 0.967 bits per heavy atom. The molecule has 15 heteroatoms. The van der Waals surface area contributed by atoms with Crippen molar-refractivity contribution in [2.45, 2.75) is 84.8 Å². The zero-order chi connectivity index (χ0) is 43.3. The number of rotatable bonds is 15. The third-order valence-electron chi connectivity index (χ3n) is 11.4. The Morgan fingerprint density at radius 2 is 1.70 bits per heavy atom.